The fourth-order valence-electron chi connectivity index (χ4n) is 3.54. The number of nitrogens with zero attached hydrogens (tertiary/aromatic N) is 3. The predicted molar refractivity (Wildman–Crippen MR) is 121 cm³/mol. The Kier molecular flexibility index (Phi) is 7.79. The minimum absolute atomic E-state index is 0.297. The first kappa shape index (κ1) is 21.8. The highest BCUT2D eigenvalue weighted by Crippen LogP contribution is 2.22. The van der Waals surface area contributed by atoms with Crippen LogP contribution in [0.4, 0.5) is 5.69 Å². The van der Waals surface area contributed by atoms with Gasteiger partial charge in [-0.3, -0.25) is 4.99 Å². The summed E-state index contributed by atoms with van der Waals surface area (Å²) >= 11 is 0. The fraction of sp³-hybridized carbons (Fsp3) is 0.435. The van der Waals surface area contributed by atoms with Crippen molar-refractivity contribution in [1.82, 2.24) is 10.2 Å². The number of hydrogen-bond acceptors (Lipinski definition) is 5. The van der Waals surface area contributed by atoms with Crippen molar-refractivity contribution >= 4 is 11.6 Å². The van der Waals surface area contributed by atoms with Crippen LogP contribution in [0.5, 0.6) is 11.5 Å². The number of methoxy groups -OCH3 is 2. The van der Waals surface area contributed by atoms with Gasteiger partial charge in [0.1, 0.15) is 11.5 Å². The maximum Gasteiger partial charge on any atom is 0.194 e. The van der Waals surface area contributed by atoms with Gasteiger partial charge in [-0.25, -0.2) is 0 Å². The largest absolute Gasteiger partial charge is 0.497 e. The quantitative estimate of drug-likeness (QED) is 0.538. The number of aliphatic imine (C=N–C) groups is 1. The van der Waals surface area contributed by atoms with Crippen molar-refractivity contribution in [3.63, 3.8) is 0 Å². The molecule has 7 nitrogen and oxygen atoms in total. The number of nitrogens with one attached hydrogen (secondary N) is 1. The molecular formula is C23H32N4O3. The number of guanidine groups is 1. The van der Waals surface area contributed by atoms with Crippen molar-refractivity contribution in [2.75, 3.05) is 58.4 Å². The molecule has 30 heavy (non-hydrogen) atoms. The lowest BCUT2D eigenvalue weighted by Gasteiger charge is -2.37. The van der Waals surface area contributed by atoms with Crippen LogP contribution in [0.2, 0.25) is 0 Å². The van der Waals surface area contributed by atoms with Crippen molar-refractivity contribution in [2.45, 2.75) is 13.0 Å². The molecule has 2 aromatic rings. The smallest absolute Gasteiger partial charge is 0.194 e. The van der Waals surface area contributed by atoms with E-state index < -0.39 is 6.10 Å². The zero-order valence-electron chi connectivity index (χ0n) is 18.0. The zero-order valence-corrected chi connectivity index (χ0v) is 18.0. The topological polar surface area (TPSA) is 69.6 Å². The highest BCUT2D eigenvalue weighted by molar-refractivity contribution is 5.80. The summed E-state index contributed by atoms with van der Waals surface area (Å²) in [6.07, 6.45) is -0.674. The lowest BCUT2D eigenvalue weighted by molar-refractivity contribution is 0.186. The van der Waals surface area contributed by atoms with Crippen molar-refractivity contribution in [2.24, 2.45) is 4.99 Å². The van der Waals surface area contributed by atoms with Crippen LogP contribution in [0.3, 0.4) is 0 Å². The Labute approximate surface area is 178 Å². The number of aliphatic hydroxyl groups excluding tert-OH is 1. The van der Waals surface area contributed by atoms with Gasteiger partial charge in [0.25, 0.3) is 0 Å². The fourth-order valence-corrected chi connectivity index (χ4v) is 3.54. The van der Waals surface area contributed by atoms with Gasteiger partial charge < -0.3 is 29.7 Å². The molecule has 2 aromatic carbocycles. The van der Waals surface area contributed by atoms with Crippen LogP contribution >= 0.6 is 0 Å². The number of rotatable bonds is 7. The molecule has 0 aliphatic carbocycles. The number of piperazine rings is 1. The second-order valence-corrected chi connectivity index (χ2v) is 7.16. The third-order valence-electron chi connectivity index (χ3n) is 5.23. The Morgan fingerprint density at radius 2 is 1.70 bits per heavy atom. The van der Waals surface area contributed by atoms with Crippen LogP contribution in [-0.2, 0) is 0 Å². The van der Waals surface area contributed by atoms with Crippen LogP contribution in [0.1, 0.15) is 18.6 Å². The predicted octanol–water partition coefficient (Wildman–Crippen LogP) is 2.52. The van der Waals surface area contributed by atoms with Gasteiger partial charge in [-0.05, 0) is 36.8 Å². The second kappa shape index (κ2) is 10.7. The average molecular weight is 413 g/mol. The van der Waals surface area contributed by atoms with E-state index in [4.69, 9.17) is 14.5 Å². The molecule has 0 amide bonds. The molecule has 0 saturated carbocycles. The summed E-state index contributed by atoms with van der Waals surface area (Å²) < 4.78 is 10.6. The molecule has 1 aliphatic rings. The van der Waals surface area contributed by atoms with Gasteiger partial charge in [0.2, 0.25) is 0 Å². The molecule has 1 aliphatic heterocycles. The first-order valence-electron chi connectivity index (χ1n) is 10.4. The molecule has 0 spiro atoms. The molecule has 1 atom stereocenters. The SMILES string of the molecule is CCNC(=NCC(O)c1cccc(OC)c1)N1CCN(c2cccc(OC)c2)CC1. The first-order chi connectivity index (χ1) is 14.6. The summed E-state index contributed by atoms with van der Waals surface area (Å²) in [4.78, 5) is 9.30. The van der Waals surface area contributed by atoms with E-state index in [-0.39, 0.29) is 0 Å². The molecule has 2 N–H and O–H groups in total. The van der Waals surface area contributed by atoms with Gasteiger partial charge in [0, 0.05) is 44.5 Å². The van der Waals surface area contributed by atoms with E-state index in [1.807, 2.05) is 36.4 Å². The van der Waals surface area contributed by atoms with Crippen molar-refractivity contribution in [1.29, 1.82) is 0 Å². The summed E-state index contributed by atoms with van der Waals surface area (Å²) in [5.41, 5.74) is 1.97. The van der Waals surface area contributed by atoms with E-state index in [0.29, 0.717) is 6.54 Å². The molecule has 0 radical (unpaired) electrons. The Hall–Kier alpha value is -2.93. The lowest BCUT2D eigenvalue weighted by atomic mass is 10.1. The highest BCUT2D eigenvalue weighted by atomic mass is 16.5. The second-order valence-electron chi connectivity index (χ2n) is 7.16. The summed E-state index contributed by atoms with van der Waals surface area (Å²) in [5.74, 6) is 2.44. The van der Waals surface area contributed by atoms with Crippen LogP contribution < -0.4 is 19.7 Å². The van der Waals surface area contributed by atoms with E-state index in [1.54, 1.807) is 14.2 Å². The third-order valence-corrected chi connectivity index (χ3v) is 5.23. The standard InChI is InChI=1S/C23H32N4O3/c1-4-24-23(25-17-22(28)18-7-5-9-20(15-18)29-2)27-13-11-26(12-14-27)19-8-6-10-21(16-19)30-3/h5-10,15-16,22,28H,4,11-14,17H2,1-3H3,(H,24,25). The van der Waals surface area contributed by atoms with Crippen LogP contribution in [0.25, 0.3) is 0 Å². The molecule has 1 fully saturated rings. The van der Waals surface area contributed by atoms with Crippen molar-refractivity contribution in [3.8, 4) is 11.5 Å². The van der Waals surface area contributed by atoms with Crippen LogP contribution in [-0.4, -0.2) is 69.5 Å². The number of aliphatic hydroxyl groups is 1. The summed E-state index contributed by atoms with van der Waals surface area (Å²) in [7, 11) is 3.31. The molecule has 0 aromatic heterocycles. The Morgan fingerprint density at radius 1 is 1.03 bits per heavy atom. The van der Waals surface area contributed by atoms with Gasteiger partial charge in [0.05, 0.1) is 26.9 Å². The van der Waals surface area contributed by atoms with Gasteiger partial charge in [-0.1, -0.05) is 18.2 Å². The Balaban J connectivity index is 1.62. The first-order valence-corrected chi connectivity index (χ1v) is 10.4. The van der Waals surface area contributed by atoms with Gasteiger partial charge in [0.15, 0.2) is 5.96 Å². The van der Waals surface area contributed by atoms with Crippen molar-refractivity contribution in [3.05, 3.63) is 54.1 Å². The maximum absolute atomic E-state index is 10.6. The summed E-state index contributed by atoms with van der Waals surface area (Å²) in [5, 5.41) is 13.9. The van der Waals surface area contributed by atoms with Gasteiger partial charge in [-0.15, -0.1) is 0 Å². The summed E-state index contributed by atoms with van der Waals surface area (Å²) in [6.45, 7) is 6.65. The molecule has 7 heteroatoms. The van der Waals surface area contributed by atoms with Gasteiger partial charge in [-0.2, -0.15) is 0 Å². The number of anilines is 1. The van der Waals surface area contributed by atoms with E-state index >= 15 is 0 Å². The molecule has 1 unspecified atom stereocenters. The van der Waals surface area contributed by atoms with Crippen LogP contribution in [0.15, 0.2) is 53.5 Å². The van der Waals surface area contributed by atoms with E-state index in [2.05, 4.69) is 34.2 Å². The molecule has 0 bridgehead atoms. The minimum atomic E-state index is -0.674. The lowest BCUT2D eigenvalue weighted by Crippen LogP contribution is -2.52. The minimum Gasteiger partial charge on any atom is -0.497 e. The molecular weight excluding hydrogens is 380 g/mol. The van der Waals surface area contributed by atoms with E-state index in [9.17, 15) is 5.11 Å². The molecule has 1 saturated heterocycles. The van der Waals surface area contributed by atoms with E-state index in [0.717, 1.165) is 55.7 Å². The monoisotopic (exact) mass is 412 g/mol. The Morgan fingerprint density at radius 3 is 2.37 bits per heavy atom. The van der Waals surface area contributed by atoms with Crippen LogP contribution in [0, 0.1) is 0 Å². The summed E-state index contributed by atoms with van der Waals surface area (Å²) in [6, 6.07) is 15.6. The molecule has 162 valence electrons. The maximum atomic E-state index is 10.6. The van der Waals surface area contributed by atoms with E-state index in [1.165, 1.54) is 5.69 Å². The number of ether oxygens (including phenoxy) is 2. The zero-order chi connectivity index (χ0) is 21.3. The highest BCUT2D eigenvalue weighted by Gasteiger charge is 2.20. The van der Waals surface area contributed by atoms with Crippen molar-refractivity contribution < 1.29 is 14.6 Å². The third kappa shape index (κ3) is 5.57. The molecule has 3 rings (SSSR count). The average Bonchev–Trinajstić information content (AvgIpc) is 2.81. The number of hydrogen-bond donors (Lipinski definition) is 2. The molecule has 1 heterocycles. The number of benzene rings is 2. The van der Waals surface area contributed by atoms with Gasteiger partial charge >= 0.3 is 0 Å². The Bertz CT molecular complexity index is 835. The normalized spacial score (nSPS) is 15.7.